The number of aliphatic hydroxyl groups excluding tert-OH is 1. The van der Waals surface area contributed by atoms with Crippen molar-refractivity contribution in [3.63, 3.8) is 0 Å². The molecule has 0 bridgehead atoms. The van der Waals surface area contributed by atoms with Crippen LogP contribution >= 0.6 is 0 Å². The SMILES string of the molecule is CC/C=C(\CC)c1c(N2CC(CO)C2)ccnc1Nc1ccc(OC(F)(F)F)cc1. The third-order valence-electron chi connectivity index (χ3n) is 4.99. The molecule has 1 fully saturated rings. The van der Waals surface area contributed by atoms with Crippen molar-refractivity contribution in [1.29, 1.82) is 0 Å². The van der Waals surface area contributed by atoms with Gasteiger partial charge in [-0.2, -0.15) is 0 Å². The summed E-state index contributed by atoms with van der Waals surface area (Å²) >= 11 is 0. The number of rotatable bonds is 8. The van der Waals surface area contributed by atoms with E-state index in [1.165, 1.54) is 24.3 Å². The molecule has 0 unspecified atom stereocenters. The Morgan fingerprint density at radius 3 is 2.50 bits per heavy atom. The first kappa shape index (κ1) is 22.0. The second-order valence-corrected chi connectivity index (χ2v) is 7.20. The van der Waals surface area contributed by atoms with E-state index in [9.17, 15) is 18.3 Å². The minimum absolute atomic E-state index is 0.166. The molecule has 1 saturated heterocycles. The molecule has 1 aliphatic heterocycles. The number of nitrogens with zero attached hydrogens (tertiary/aromatic N) is 2. The summed E-state index contributed by atoms with van der Waals surface area (Å²) in [5, 5.41) is 12.6. The van der Waals surface area contributed by atoms with Gasteiger partial charge in [-0.25, -0.2) is 4.98 Å². The largest absolute Gasteiger partial charge is 0.573 e. The number of nitrogens with one attached hydrogen (secondary N) is 1. The molecule has 0 saturated carbocycles. The maximum Gasteiger partial charge on any atom is 0.573 e. The lowest BCUT2D eigenvalue weighted by molar-refractivity contribution is -0.274. The molecule has 5 nitrogen and oxygen atoms in total. The summed E-state index contributed by atoms with van der Waals surface area (Å²) < 4.78 is 41.1. The van der Waals surface area contributed by atoms with Crippen molar-refractivity contribution in [2.45, 2.75) is 33.1 Å². The van der Waals surface area contributed by atoms with Gasteiger partial charge in [0.2, 0.25) is 0 Å². The topological polar surface area (TPSA) is 57.6 Å². The van der Waals surface area contributed by atoms with E-state index < -0.39 is 6.36 Å². The van der Waals surface area contributed by atoms with Crippen molar-refractivity contribution in [2.75, 3.05) is 29.9 Å². The third-order valence-corrected chi connectivity index (χ3v) is 4.99. The van der Waals surface area contributed by atoms with Crippen molar-refractivity contribution in [3.8, 4) is 5.75 Å². The van der Waals surface area contributed by atoms with Crippen LogP contribution in [0.2, 0.25) is 0 Å². The maximum atomic E-state index is 12.4. The number of benzene rings is 1. The molecule has 0 spiro atoms. The Balaban J connectivity index is 1.91. The van der Waals surface area contributed by atoms with Crippen LogP contribution in [-0.2, 0) is 0 Å². The normalized spacial score (nSPS) is 15.1. The summed E-state index contributed by atoms with van der Waals surface area (Å²) in [5.74, 6) is 0.639. The van der Waals surface area contributed by atoms with Gasteiger partial charge in [0.25, 0.3) is 0 Å². The Hall–Kier alpha value is -2.74. The lowest BCUT2D eigenvalue weighted by Crippen LogP contribution is -2.48. The molecular weight excluding hydrogens is 395 g/mol. The van der Waals surface area contributed by atoms with Crippen LogP contribution in [0, 0.1) is 5.92 Å². The summed E-state index contributed by atoms with van der Waals surface area (Å²) in [4.78, 5) is 6.72. The zero-order valence-corrected chi connectivity index (χ0v) is 17.0. The number of anilines is 3. The molecule has 162 valence electrons. The second-order valence-electron chi connectivity index (χ2n) is 7.20. The molecule has 0 radical (unpaired) electrons. The molecule has 1 aromatic heterocycles. The van der Waals surface area contributed by atoms with Crippen LogP contribution in [0.5, 0.6) is 5.75 Å². The first-order valence-corrected chi connectivity index (χ1v) is 10.0. The van der Waals surface area contributed by atoms with Crippen LogP contribution in [0.25, 0.3) is 5.57 Å². The number of halogens is 3. The standard InChI is InChI=1S/C22H26F3N3O2/c1-3-5-16(4-2)20-19(28-12-15(13-28)14-29)10-11-26-21(20)27-17-6-8-18(9-7-17)30-22(23,24)25/h5-11,15,29H,3-4,12-14H2,1-2H3,(H,26,27)/b16-5+. The minimum atomic E-state index is -4.72. The van der Waals surface area contributed by atoms with Gasteiger partial charge in [0.15, 0.2) is 0 Å². The summed E-state index contributed by atoms with van der Waals surface area (Å²) in [6.07, 6.45) is 0.849. The molecule has 1 aliphatic rings. The van der Waals surface area contributed by atoms with Crippen LogP contribution in [0.15, 0.2) is 42.6 Å². The van der Waals surface area contributed by atoms with Crippen LogP contribution in [0.4, 0.5) is 30.4 Å². The second kappa shape index (κ2) is 9.38. The molecule has 3 rings (SSSR count). The van der Waals surface area contributed by atoms with Gasteiger partial charge in [-0.3, -0.25) is 0 Å². The van der Waals surface area contributed by atoms with E-state index in [1.54, 1.807) is 6.20 Å². The predicted octanol–water partition coefficient (Wildman–Crippen LogP) is 5.36. The number of hydrogen-bond acceptors (Lipinski definition) is 5. The fraction of sp³-hybridized carbons (Fsp3) is 0.409. The van der Waals surface area contributed by atoms with Crippen molar-refractivity contribution < 1.29 is 23.0 Å². The summed E-state index contributed by atoms with van der Waals surface area (Å²) in [5.41, 5.74) is 3.77. The number of hydrogen-bond donors (Lipinski definition) is 2. The minimum Gasteiger partial charge on any atom is -0.406 e. The monoisotopic (exact) mass is 421 g/mol. The lowest BCUT2D eigenvalue weighted by Gasteiger charge is -2.41. The fourth-order valence-electron chi connectivity index (χ4n) is 3.55. The molecule has 2 N–H and O–H groups in total. The van der Waals surface area contributed by atoms with E-state index in [1.807, 2.05) is 6.07 Å². The molecule has 0 aliphatic carbocycles. The van der Waals surface area contributed by atoms with Crippen molar-refractivity contribution in [1.82, 2.24) is 4.98 Å². The fourth-order valence-corrected chi connectivity index (χ4v) is 3.55. The van der Waals surface area contributed by atoms with Crippen molar-refractivity contribution in [3.05, 3.63) is 48.2 Å². The van der Waals surface area contributed by atoms with Crippen LogP contribution in [0.3, 0.4) is 0 Å². The zero-order chi connectivity index (χ0) is 21.7. The highest BCUT2D eigenvalue weighted by atomic mass is 19.4. The molecule has 2 aromatic rings. The van der Waals surface area contributed by atoms with E-state index in [2.05, 4.69) is 39.9 Å². The highest BCUT2D eigenvalue weighted by molar-refractivity contribution is 5.86. The number of aromatic nitrogens is 1. The van der Waals surface area contributed by atoms with Crippen molar-refractivity contribution >= 4 is 22.8 Å². The number of pyridine rings is 1. The summed E-state index contributed by atoms with van der Waals surface area (Å²) in [6, 6.07) is 7.56. The number of alkyl halides is 3. The van der Waals surface area contributed by atoms with Gasteiger partial charge in [-0.1, -0.05) is 19.9 Å². The number of ether oxygens (including phenoxy) is 1. The number of allylic oxidation sites excluding steroid dienone is 2. The highest BCUT2D eigenvalue weighted by Gasteiger charge is 2.31. The zero-order valence-electron chi connectivity index (χ0n) is 17.0. The molecule has 0 atom stereocenters. The van der Waals surface area contributed by atoms with Crippen LogP contribution < -0.4 is 15.0 Å². The molecule has 0 amide bonds. The average Bonchev–Trinajstić information content (AvgIpc) is 2.66. The van der Waals surface area contributed by atoms with Gasteiger partial charge in [0.05, 0.1) is 0 Å². The molecule has 8 heteroatoms. The van der Waals surface area contributed by atoms with Gasteiger partial charge in [0.1, 0.15) is 11.6 Å². The smallest absolute Gasteiger partial charge is 0.406 e. The van der Waals surface area contributed by atoms with E-state index in [4.69, 9.17) is 0 Å². The van der Waals surface area contributed by atoms with E-state index in [0.29, 0.717) is 11.5 Å². The van der Waals surface area contributed by atoms with E-state index in [-0.39, 0.29) is 18.3 Å². The van der Waals surface area contributed by atoms with E-state index in [0.717, 1.165) is 42.8 Å². The summed E-state index contributed by atoms with van der Waals surface area (Å²) in [6.45, 7) is 5.88. The molecule has 2 heterocycles. The van der Waals surface area contributed by atoms with Crippen molar-refractivity contribution in [2.24, 2.45) is 5.92 Å². The van der Waals surface area contributed by atoms with Gasteiger partial charge < -0.3 is 20.1 Å². The maximum absolute atomic E-state index is 12.4. The van der Waals surface area contributed by atoms with Crippen LogP contribution in [0.1, 0.15) is 32.3 Å². The first-order valence-electron chi connectivity index (χ1n) is 10.0. The highest BCUT2D eigenvalue weighted by Crippen LogP contribution is 2.38. The molecule has 30 heavy (non-hydrogen) atoms. The molecular formula is C22H26F3N3O2. The molecule has 1 aromatic carbocycles. The van der Waals surface area contributed by atoms with Gasteiger partial charge in [0, 0.05) is 48.7 Å². The van der Waals surface area contributed by atoms with E-state index >= 15 is 0 Å². The lowest BCUT2D eigenvalue weighted by atomic mass is 9.95. The van der Waals surface area contributed by atoms with Gasteiger partial charge >= 0.3 is 6.36 Å². The predicted molar refractivity (Wildman–Crippen MR) is 112 cm³/mol. The Morgan fingerprint density at radius 1 is 1.23 bits per heavy atom. The Kier molecular flexibility index (Phi) is 6.87. The Labute approximate surface area is 174 Å². The third kappa shape index (κ3) is 5.24. The first-order chi connectivity index (χ1) is 14.3. The summed E-state index contributed by atoms with van der Waals surface area (Å²) in [7, 11) is 0. The van der Waals surface area contributed by atoms with Gasteiger partial charge in [-0.05, 0) is 48.7 Å². The van der Waals surface area contributed by atoms with Gasteiger partial charge in [-0.15, -0.1) is 13.2 Å². The Morgan fingerprint density at radius 2 is 1.93 bits per heavy atom. The number of aliphatic hydroxyl groups is 1. The quantitative estimate of drug-likeness (QED) is 0.601. The Bertz CT molecular complexity index is 876. The average molecular weight is 421 g/mol. The van der Waals surface area contributed by atoms with Crippen LogP contribution in [-0.4, -0.2) is 36.1 Å².